The van der Waals surface area contributed by atoms with Crippen LogP contribution < -0.4 is 0 Å². The van der Waals surface area contributed by atoms with Crippen LogP contribution in [0.2, 0.25) is 0 Å². The van der Waals surface area contributed by atoms with Gasteiger partial charge in [0.15, 0.2) is 0 Å². The molecule has 2 heteroatoms. The molecule has 0 amide bonds. The number of unbranched alkanes of at least 4 members (excludes halogenated alkanes) is 8. The van der Waals surface area contributed by atoms with Crippen LogP contribution in [0.4, 0.5) is 0 Å². The van der Waals surface area contributed by atoms with E-state index in [4.69, 9.17) is 1.43 Å². The van der Waals surface area contributed by atoms with Gasteiger partial charge in [-0.05, 0) is 38.5 Å². The van der Waals surface area contributed by atoms with E-state index in [2.05, 4.69) is 36.3 Å². The van der Waals surface area contributed by atoms with Gasteiger partial charge in [-0.1, -0.05) is 63.3 Å². The number of rotatable bonds is 14. The topological polar surface area (TPSA) is 37.3 Å². The second kappa shape index (κ2) is 16.0. The fourth-order valence-corrected chi connectivity index (χ4v) is 2.08. The van der Waals surface area contributed by atoms with Crippen molar-refractivity contribution < 1.29 is 9.90 Å². The maximum atomic E-state index is 10.7. The first-order valence-corrected chi connectivity index (χ1v) is 8.27. The van der Waals surface area contributed by atoms with Crippen molar-refractivity contribution in [2.75, 3.05) is 0 Å². The molecule has 0 aliphatic rings. The number of hydrogen-bond donors (Lipinski definition) is 1. The van der Waals surface area contributed by atoms with Gasteiger partial charge in [0.1, 0.15) is 0 Å². The zero-order valence-electron chi connectivity index (χ0n) is 14.1. The lowest BCUT2D eigenvalue weighted by atomic mass is 10.1. The highest BCUT2D eigenvalue weighted by molar-refractivity contribution is 5.66. The van der Waals surface area contributed by atoms with Crippen molar-refractivity contribution in [1.29, 1.82) is 1.43 Å². The summed E-state index contributed by atoms with van der Waals surface area (Å²) >= 11 is 0. The third-order valence-corrected chi connectivity index (χ3v) is 3.33. The van der Waals surface area contributed by atoms with Gasteiger partial charge in [0.2, 0.25) is 0 Å². The Kier molecular flexibility index (Phi) is 13.6. The van der Waals surface area contributed by atoms with Gasteiger partial charge >= 0.3 is 5.97 Å². The molecule has 0 bridgehead atoms. The number of carbonyl (C=O) groups is 1. The van der Waals surface area contributed by atoms with Crippen molar-refractivity contribution in [3.8, 4) is 0 Å². The SMILES string of the molecule is [2H]OC(=O)CCCCCCC/C=C\C/C=C\CCCCC. The molecule has 0 radical (unpaired) electrons. The monoisotopic (exact) mass is 281 g/mol. The molecule has 0 fully saturated rings. The smallest absolute Gasteiger partial charge is 0.303 e. The van der Waals surface area contributed by atoms with Gasteiger partial charge < -0.3 is 5.11 Å². The molecule has 0 spiro atoms. The highest BCUT2D eigenvalue weighted by atomic mass is 16.4. The average molecular weight is 281 g/mol. The molecule has 0 atom stereocenters. The van der Waals surface area contributed by atoms with E-state index in [0.29, 0.717) is 6.42 Å². The molecule has 0 unspecified atom stereocenters. The third kappa shape index (κ3) is 16.9. The number of carboxylic acid groups (broad SMARTS) is 1. The lowest BCUT2D eigenvalue weighted by Gasteiger charge is -1.98. The molecule has 0 aliphatic carbocycles. The van der Waals surface area contributed by atoms with Crippen LogP contribution in [0.3, 0.4) is 0 Å². The van der Waals surface area contributed by atoms with Crippen molar-refractivity contribution in [1.82, 2.24) is 0 Å². The Bertz CT molecular complexity index is 285. The highest BCUT2D eigenvalue weighted by Crippen LogP contribution is 2.08. The molecule has 0 aliphatic heterocycles. The predicted molar refractivity (Wildman–Crippen MR) is 87.0 cm³/mol. The summed E-state index contributed by atoms with van der Waals surface area (Å²) in [6, 6.07) is 0. The normalized spacial score (nSPS) is 12.2. The van der Waals surface area contributed by atoms with Crippen LogP contribution in [0.25, 0.3) is 1.43 Å². The van der Waals surface area contributed by atoms with Gasteiger partial charge in [-0.2, -0.15) is 0 Å². The van der Waals surface area contributed by atoms with E-state index < -0.39 is 5.97 Å². The molecule has 0 aromatic heterocycles. The fraction of sp³-hybridized carbons (Fsp3) is 0.722. The van der Waals surface area contributed by atoms with Crippen molar-refractivity contribution in [3.05, 3.63) is 24.3 Å². The number of allylic oxidation sites excluding steroid dienone is 4. The maximum absolute atomic E-state index is 10.7. The van der Waals surface area contributed by atoms with Gasteiger partial charge in [-0.15, -0.1) is 0 Å². The minimum atomic E-state index is -0.416. The first-order chi connectivity index (χ1) is 10.3. The molecule has 0 rings (SSSR count). The standard InChI is InChI=1S/C18H32O2/c1-2-3-4-5-6-7-8-9-10-11-12-13-14-15-16-17-18(19)20/h6-7,9-10H,2-5,8,11-17H2,1H3,(H,19,20)/b7-6-,10-9-/i/hD. The molecule has 0 aromatic rings. The largest absolute Gasteiger partial charge is 0.481 e. The molecule has 20 heavy (non-hydrogen) atoms. The Morgan fingerprint density at radius 1 is 0.900 bits per heavy atom. The minimum Gasteiger partial charge on any atom is -0.481 e. The van der Waals surface area contributed by atoms with Gasteiger partial charge in [-0.3, -0.25) is 4.79 Å². The summed E-state index contributed by atoms with van der Waals surface area (Å²) in [6.45, 7) is 2.23. The molecule has 2 nitrogen and oxygen atoms in total. The summed E-state index contributed by atoms with van der Waals surface area (Å²) in [5.41, 5.74) is 0. The van der Waals surface area contributed by atoms with Gasteiger partial charge in [0, 0.05) is 6.42 Å². The van der Waals surface area contributed by atoms with Crippen LogP contribution in [0, 0.1) is 0 Å². The minimum absolute atomic E-state index is 0.383. The molecule has 0 saturated heterocycles. The summed E-state index contributed by atoms with van der Waals surface area (Å²) in [5, 5.41) is 3.87. The first-order valence-electron chi connectivity index (χ1n) is 8.68. The summed E-state index contributed by atoms with van der Waals surface area (Å²) in [4.78, 5) is 10.7. The van der Waals surface area contributed by atoms with Crippen molar-refractivity contribution in [2.24, 2.45) is 0 Å². The Morgan fingerprint density at radius 2 is 1.50 bits per heavy atom. The van der Waals surface area contributed by atoms with E-state index in [9.17, 15) is 4.79 Å². The van der Waals surface area contributed by atoms with Crippen LogP contribution in [-0.4, -0.2) is 11.1 Å². The second-order valence-electron chi connectivity index (χ2n) is 5.35. The van der Waals surface area contributed by atoms with Crippen LogP contribution in [-0.2, 0) is 4.79 Å². The van der Waals surface area contributed by atoms with Crippen molar-refractivity contribution in [3.63, 3.8) is 0 Å². The van der Waals surface area contributed by atoms with Crippen LogP contribution in [0.1, 0.15) is 84.0 Å². The van der Waals surface area contributed by atoms with Crippen molar-refractivity contribution >= 4 is 5.97 Å². The average Bonchev–Trinajstić information content (AvgIpc) is 2.50. The molecular weight excluding hydrogens is 248 g/mol. The van der Waals surface area contributed by atoms with E-state index in [-0.39, 0.29) is 0 Å². The van der Waals surface area contributed by atoms with E-state index in [1.165, 1.54) is 38.5 Å². The third-order valence-electron chi connectivity index (χ3n) is 3.33. The van der Waals surface area contributed by atoms with Crippen LogP contribution >= 0.6 is 0 Å². The summed E-state index contributed by atoms with van der Waals surface area (Å²) < 4.78 is 6.43. The molecular formula is C18H32O2. The quantitative estimate of drug-likeness (QED) is 0.318. The molecule has 0 saturated carbocycles. The Hall–Kier alpha value is -1.05. The molecule has 1 N–H and O–H groups in total. The summed E-state index contributed by atoms with van der Waals surface area (Å²) in [5.74, 6) is -0.416. The Labute approximate surface area is 126 Å². The summed E-state index contributed by atoms with van der Waals surface area (Å²) in [6.07, 6.45) is 22.3. The number of carboxylic acids is 1. The van der Waals surface area contributed by atoms with Crippen LogP contribution in [0.5, 0.6) is 0 Å². The van der Waals surface area contributed by atoms with E-state index in [1.54, 1.807) is 0 Å². The van der Waals surface area contributed by atoms with Gasteiger partial charge in [0.25, 0.3) is 1.43 Å². The lowest BCUT2D eigenvalue weighted by molar-refractivity contribution is -0.137. The predicted octanol–water partition coefficient (Wildman–Crippen LogP) is 5.88. The summed E-state index contributed by atoms with van der Waals surface area (Å²) in [7, 11) is 0. The van der Waals surface area contributed by atoms with Gasteiger partial charge in [0.05, 0.1) is 0 Å². The zero-order chi connectivity index (χ0) is 15.6. The molecule has 0 heterocycles. The maximum Gasteiger partial charge on any atom is 0.303 e. The second-order valence-corrected chi connectivity index (χ2v) is 5.35. The molecule has 0 aromatic carbocycles. The van der Waals surface area contributed by atoms with Crippen LogP contribution in [0.15, 0.2) is 24.3 Å². The first kappa shape index (κ1) is 17.0. The van der Waals surface area contributed by atoms with Gasteiger partial charge in [-0.25, -0.2) is 0 Å². The molecule has 116 valence electrons. The Morgan fingerprint density at radius 3 is 2.15 bits per heavy atom. The van der Waals surface area contributed by atoms with E-state index in [0.717, 1.165) is 32.1 Å². The fourth-order valence-electron chi connectivity index (χ4n) is 2.08. The number of hydrogen-bond acceptors (Lipinski definition) is 2. The lowest BCUT2D eigenvalue weighted by Crippen LogP contribution is -1.93. The van der Waals surface area contributed by atoms with E-state index >= 15 is 0 Å². The highest BCUT2D eigenvalue weighted by Gasteiger charge is 1.95. The van der Waals surface area contributed by atoms with Crippen molar-refractivity contribution in [2.45, 2.75) is 84.0 Å². The Balaban J connectivity index is 3.20. The zero-order valence-corrected chi connectivity index (χ0v) is 13.1. The number of aliphatic carboxylic acids is 1. The van der Waals surface area contributed by atoms with E-state index in [1.807, 2.05) is 0 Å².